The highest BCUT2D eigenvalue weighted by atomic mass is 19.4. The molecule has 0 radical (unpaired) electrons. The Bertz CT molecular complexity index is 198. The molecule has 1 heterocycles. The van der Waals surface area contributed by atoms with Crippen molar-refractivity contribution in [3.05, 3.63) is 0 Å². The summed E-state index contributed by atoms with van der Waals surface area (Å²) in [4.78, 5) is 12.0. The summed E-state index contributed by atoms with van der Waals surface area (Å²) in [7, 11) is 0. The first-order valence-electron chi connectivity index (χ1n) is 3.96. The zero-order valence-corrected chi connectivity index (χ0v) is 6.84. The number of hydrogen-bond donors (Lipinski definition) is 1. The van der Waals surface area contributed by atoms with Crippen molar-refractivity contribution in [3.8, 4) is 0 Å². The smallest absolute Gasteiger partial charge is 0.376 e. The highest BCUT2D eigenvalue weighted by Gasteiger charge is 2.45. The van der Waals surface area contributed by atoms with Crippen LogP contribution >= 0.6 is 0 Å². The average Bonchev–Trinajstić information content (AvgIpc) is 2.51. The largest absolute Gasteiger partial charge is 0.423 e. The van der Waals surface area contributed by atoms with E-state index < -0.39 is 18.2 Å². The molecule has 0 aliphatic carbocycles. The van der Waals surface area contributed by atoms with Gasteiger partial charge in [0.2, 0.25) is 6.10 Å². The summed E-state index contributed by atoms with van der Waals surface area (Å²) in [5.74, 6) is -1.23. The summed E-state index contributed by atoms with van der Waals surface area (Å²) in [5.41, 5.74) is 0. The first kappa shape index (κ1) is 10.3. The molecule has 1 N–H and O–H groups in total. The second kappa shape index (κ2) is 3.53. The van der Waals surface area contributed by atoms with Crippen LogP contribution in [0.3, 0.4) is 0 Å². The molecule has 13 heavy (non-hydrogen) atoms. The van der Waals surface area contributed by atoms with Crippen LogP contribution in [0.4, 0.5) is 13.2 Å². The van der Waals surface area contributed by atoms with E-state index in [1.165, 1.54) is 0 Å². The van der Waals surface area contributed by atoms with Crippen molar-refractivity contribution in [3.63, 3.8) is 0 Å². The Balaban J connectivity index is 2.56. The molecule has 6 heteroatoms. The Hall–Kier alpha value is -0.780. The molecule has 0 aromatic carbocycles. The van der Waals surface area contributed by atoms with E-state index >= 15 is 0 Å². The number of aliphatic hydroxyl groups excluding tert-OH is 1. The quantitative estimate of drug-likeness (QED) is 0.666. The fraction of sp³-hybridized carbons (Fsp3) is 0.857. The maximum atomic E-state index is 11.9. The summed E-state index contributed by atoms with van der Waals surface area (Å²) in [5, 5.41) is 8.60. The molecule has 76 valence electrons. The van der Waals surface area contributed by atoms with Crippen LogP contribution in [0, 0.1) is 0 Å². The topological polar surface area (TPSA) is 40.5 Å². The SMILES string of the molecule is O=C(C(O)C(F)(F)F)N1CCCC1. The van der Waals surface area contributed by atoms with Crippen LogP contribution in [0.25, 0.3) is 0 Å². The molecule has 0 saturated carbocycles. The van der Waals surface area contributed by atoms with Crippen LogP contribution < -0.4 is 0 Å². The number of alkyl halides is 3. The van der Waals surface area contributed by atoms with E-state index in [2.05, 4.69) is 0 Å². The fourth-order valence-corrected chi connectivity index (χ4v) is 1.25. The van der Waals surface area contributed by atoms with Gasteiger partial charge in [-0.15, -0.1) is 0 Å². The Kier molecular flexibility index (Phi) is 2.80. The van der Waals surface area contributed by atoms with E-state index in [1.54, 1.807) is 0 Å². The number of carbonyl (C=O) groups excluding carboxylic acids is 1. The summed E-state index contributed by atoms with van der Waals surface area (Å²) < 4.78 is 35.6. The van der Waals surface area contributed by atoms with Crippen molar-refractivity contribution in [2.24, 2.45) is 0 Å². The van der Waals surface area contributed by atoms with Gasteiger partial charge in [-0.2, -0.15) is 13.2 Å². The normalized spacial score (nSPS) is 20.5. The number of amides is 1. The van der Waals surface area contributed by atoms with E-state index in [0.29, 0.717) is 25.9 Å². The number of carbonyl (C=O) groups is 1. The van der Waals surface area contributed by atoms with Gasteiger partial charge in [0.05, 0.1) is 0 Å². The molecule has 1 fully saturated rings. The Morgan fingerprint density at radius 1 is 1.31 bits per heavy atom. The summed E-state index contributed by atoms with van der Waals surface area (Å²) in [6.45, 7) is 0.623. The number of halogens is 3. The van der Waals surface area contributed by atoms with Crippen molar-refractivity contribution in [2.45, 2.75) is 25.1 Å². The number of hydrogen-bond acceptors (Lipinski definition) is 2. The lowest BCUT2D eigenvalue weighted by molar-refractivity contribution is -0.210. The standard InChI is InChI=1S/C7H10F3NO2/c8-7(9,10)5(12)6(13)11-3-1-2-4-11/h5,12H,1-4H2. The third-order valence-corrected chi connectivity index (χ3v) is 1.96. The van der Waals surface area contributed by atoms with Gasteiger partial charge in [-0.3, -0.25) is 4.79 Å². The van der Waals surface area contributed by atoms with E-state index in [9.17, 15) is 18.0 Å². The molecular weight excluding hydrogens is 187 g/mol. The maximum Gasteiger partial charge on any atom is 0.423 e. The molecule has 1 rings (SSSR count). The van der Waals surface area contributed by atoms with Gasteiger partial charge in [0, 0.05) is 13.1 Å². The first-order chi connectivity index (χ1) is 5.93. The fourth-order valence-electron chi connectivity index (χ4n) is 1.25. The molecule has 1 aliphatic rings. The number of nitrogens with zero attached hydrogens (tertiary/aromatic N) is 1. The van der Waals surface area contributed by atoms with Crippen molar-refractivity contribution in [2.75, 3.05) is 13.1 Å². The highest BCUT2D eigenvalue weighted by Crippen LogP contribution is 2.22. The lowest BCUT2D eigenvalue weighted by atomic mass is 10.3. The van der Waals surface area contributed by atoms with Gasteiger partial charge in [-0.25, -0.2) is 0 Å². The second-order valence-corrected chi connectivity index (χ2v) is 2.98. The molecular formula is C7H10F3NO2. The van der Waals surface area contributed by atoms with Crippen LogP contribution in [0.2, 0.25) is 0 Å². The lowest BCUT2D eigenvalue weighted by Gasteiger charge is -2.20. The predicted octanol–water partition coefficient (Wildman–Crippen LogP) is 0.532. The van der Waals surface area contributed by atoms with Gasteiger partial charge in [0.25, 0.3) is 5.91 Å². The van der Waals surface area contributed by atoms with Crippen LogP contribution in [-0.4, -0.2) is 41.3 Å². The molecule has 1 unspecified atom stereocenters. The van der Waals surface area contributed by atoms with E-state index in [1.807, 2.05) is 0 Å². The number of likely N-dealkylation sites (tertiary alicyclic amines) is 1. The van der Waals surface area contributed by atoms with E-state index in [4.69, 9.17) is 5.11 Å². The van der Waals surface area contributed by atoms with Crippen LogP contribution in [0.5, 0.6) is 0 Å². The van der Waals surface area contributed by atoms with Crippen molar-refractivity contribution in [1.82, 2.24) is 4.90 Å². The Labute approximate surface area is 73.1 Å². The summed E-state index contributed by atoms with van der Waals surface area (Å²) in [6, 6.07) is 0. The molecule has 0 bridgehead atoms. The zero-order chi connectivity index (χ0) is 10.1. The minimum atomic E-state index is -4.85. The predicted molar refractivity (Wildman–Crippen MR) is 37.9 cm³/mol. The molecule has 1 aliphatic heterocycles. The second-order valence-electron chi connectivity index (χ2n) is 2.98. The highest BCUT2D eigenvalue weighted by molar-refractivity contribution is 5.81. The zero-order valence-electron chi connectivity index (χ0n) is 6.84. The summed E-state index contributed by atoms with van der Waals surface area (Å²) >= 11 is 0. The number of aliphatic hydroxyl groups is 1. The van der Waals surface area contributed by atoms with E-state index in [-0.39, 0.29) is 0 Å². The van der Waals surface area contributed by atoms with Crippen LogP contribution in [0.15, 0.2) is 0 Å². The van der Waals surface area contributed by atoms with E-state index in [0.717, 1.165) is 4.90 Å². The molecule has 0 aromatic heterocycles. The third kappa shape index (κ3) is 2.33. The molecule has 0 spiro atoms. The first-order valence-corrected chi connectivity index (χ1v) is 3.96. The molecule has 1 saturated heterocycles. The van der Waals surface area contributed by atoms with Gasteiger partial charge in [-0.1, -0.05) is 0 Å². The molecule has 1 atom stereocenters. The molecule has 3 nitrogen and oxygen atoms in total. The average molecular weight is 197 g/mol. The minimum Gasteiger partial charge on any atom is -0.376 e. The Morgan fingerprint density at radius 3 is 2.15 bits per heavy atom. The third-order valence-electron chi connectivity index (χ3n) is 1.96. The summed E-state index contributed by atoms with van der Waals surface area (Å²) in [6.07, 6.45) is -6.29. The van der Waals surface area contributed by atoms with Crippen molar-refractivity contribution < 1.29 is 23.1 Å². The van der Waals surface area contributed by atoms with Crippen molar-refractivity contribution in [1.29, 1.82) is 0 Å². The Morgan fingerprint density at radius 2 is 1.77 bits per heavy atom. The van der Waals surface area contributed by atoms with Crippen LogP contribution in [0.1, 0.15) is 12.8 Å². The lowest BCUT2D eigenvalue weighted by Crippen LogP contribution is -2.45. The van der Waals surface area contributed by atoms with Gasteiger partial charge >= 0.3 is 6.18 Å². The van der Waals surface area contributed by atoms with Crippen LogP contribution in [-0.2, 0) is 4.79 Å². The van der Waals surface area contributed by atoms with Gasteiger partial charge < -0.3 is 10.0 Å². The maximum absolute atomic E-state index is 11.9. The van der Waals surface area contributed by atoms with Crippen molar-refractivity contribution >= 4 is 5.91 Å². The number of rotatable bonds is 1. The van der Waals surface area contributed by atoms with Gasteiger partial charge in [-0.05, 0) is 12.8 Å². The molecule has 0 aromatic rings. The minimum absolute atomic E-state index is 0.311. The van der Waals surface area contributed by atoms with Gasteiger partial charge in [0.1, 0.15) is 0 Å². The molecule has 1 amide bonds. The monoisotopic (exact) mass is 197 g/mol. The van der Waals surface area contributed by atoms with Gasteiger partial charge in [0.15, 0.2) is 0 Å².